The van der Waals surface area contributed by atoms with Crippen molar-refractivity contribution in [2.24, 2.45) is 0 Å². The number of anilines is 2. The highest BCUT2D eigenvalue weighted by Gasteiger charge is 2.14. The first-order valence-electron chi connectivity index (χ1n) is 8.86. The number of hydrogen-bond acceptors (Lipinski definition) is 3. The van der Waals surface area contributed by atoms with E-state index in [-0.39, 0.29) is 17.1 Å². The molecule has 3 aromatic rings. The van der Waals surface area contributed by atoms with E-state index < -0.39 is 17.8 Å². The number of carbonyl (C=O) groups excluding carboxylic acids is 2. The molecular weight excluding hydrogens is 380 g/mol. The van der Waals surface area contributed by atoms with E-state index in [0.717, 1.165) is 11.6 Å². The molecule has 0 saturated carbocycles. The minimum absolute atomic E-state index is 0.0758. The van der Waals surface area contributed by atoms with Crippen LogP contribution in [0.25, 0.3) is 0 Å². The third-order valence-corrected chi connectivity index (χ3v) is 4.16. The lowest BCUT2D eigenvalue weighted by Gasteiger charge is -2.11. The summed E-state index contributed by atoms with van der Waals surface area (Å²) in [6.07, 6.45) is 1.83. The monoisotopic (exact) mass is 399 g/mol. The van der Waals surface area contributed by atoms with Gasteiger partial charge in [0.1, 0.15) is 17.4 Å². The fourth-order valence-corrected chi connectivity index (χ4v) is 2.70. The molecular formula is C21H19F2N3O3. The molecule has 8 heteroatoms. The predicted molar refractivity (Wildman–Crippen MR) is 105 cm³/mol. The second-order valence-corrected chi connectivity index (χ2v) is 6.30. The number of hydrogen-bond donors (Lipinski definition) is 3. The van der Waals surface area contributed by atoms with Crippen molar-refractivity contribution in [1.29, 1.82) is 0 Å². The molecule has 0 aliphatic heterocycles. The van der Waals surface area contributed by atoms with Gasteiger partial charge in [-0.05, 0) is 55.3 Å². The second-order valence-electron chi connectivity index (χ2n) is 6.30. The fourth-order valence-electron chi connectivity index (χ4n) is 2.70. The molecule has 0 unspecified atom stereocenters. The summed E-state index contributed by atoms with van der Waals surface area (Å²) in [6, 6.07) is 10.9. The van der Waals surface area contributed by atoms with Gasteiger partial charge < -0.3 is 20.4 Å². The molecule has 150 valence electrons. The molecule has 3 amide bonds. The van der Waals surface area contributed by atoms with Gasteiger partial charge in [0.2, 0.25) is 0 Å². The summed E-state index contributed by atoms with van der Waals surface area (Å²) in [7, 11) is 0. The Balaban J connectivity index is 1.56. The van der Waals surface area contributed by atoms with E-state index in [1.54, 1.807) is 19.1 Å². The maximum Gasteiger partial charge on any atom is 0.319 e. The number of rotatable bonds is 6. The van der Waals surface area contributed by atoms with Crippen LogP contribution in [0.5, 0.6) is 0 Å². The van der Waals surface area contributed by atoms with Crippen LogP contribution in [-0.4, -0.2) is 18.5 Å². The van der Waals surface area contributed by atoms with Crippen LogP contribution in [0.15, 0.2) is 59.2 Å². The molecule has 6 nitrogen and oxygen atoms in total. The van der Waals surface area contributed by atoms with Gasteiger partial charge in [0.25, 0.3) is 5.91 Å². The van der Waals surface area contributed by atoms with Gasteiger partial charge >= 0.3 is 6.03 Å². The summed E-state index contributed by atoms with van der Waals surface area (Å²) in [5.41, 5.74) is 1.27. The molecule has 0 atom stereocenters. The van der Waals surface area contributed by atoms with Gasteiger partial charge in [0.15, 0.2) is 0 Å². The third kappa shape index (κ3) is 5.41. The van der Waals surface area contributed by atoms with E-state index in [2.05, 4.69) is 16.0 Å². The molecule has 1 aromatic heterocycles. The molecule has 2 aromatic carbocycles. The standard InChI is InChI=1S/C21H19F2N3O3/c1-13-17(8-10-29-13)20(27)26-19-12-16(5-6-18(19)23)25-21(28)24-9-7-14-3-2-4-15(22)11-14/h2-6,8,10-12H,7,9H2,1H3,(H,26,27)(H2,24,25,28). The van der Waals surface area contributed by atoms with Gasteiger partial charge in [0, 0.05) is 12.2 Å². The zero-order chi connectivity index (χ0) is 20.8. The van der Waals surface area contributed by atoms with Crippen molar-refractivity contribution in [3.05, 3.63) is 83.3 Å². The number of nitrogens with one attached hydrogen (secondary N) is 3. The molecule has 0 fully saturated rings. The number of aryl methyl sites for hydroxylation is 1. The highest BCUT2D eigenvalue weighted by Crippen LogP contribution is 2.21. The van der Waals surface area contributed by atoms with Crippen molar-refractivity contribution in [1.82, 2.24) is 5.32 Å². The largest absolute Gasteiger partial charge is 0.469 e. The van der Waals surface area contributed by atoms with E-state index in [1.807, 2.05) is 0 Å². The van der Waals surface area contributed by atoms with E-state index in [4.69, 9.17) is 4.42 Å². The van der Waals surface area contributed by atoms with Crippen molar-refractivity contribution < 1.29 is 22.8 Å². The van der Waals surface area contributed by atoms with E-state index in [1.165, 1.54) is 36.6 Å². The van der Waals surface area contributed by atoms with Gasteiger partial charge in [-0.15, -0.1) is 0 Å². The molecule has 0 aliphatic carbocycles. The zero-order valence-electron chi connectivity index (χ0n) is 15.6. The lowest BCUT2D eigenvalue weighted by atomic mass is 10.1. The maximum absolute atomic E-state index is 14.0. The Morgan fingerprint density at radius 1 is 1.03 bits per heavy atom. The second kappa shape index (κ2) is 9.01. The number of benzene rings is 2. The Labute approximate surface area is 165 Å². The van der Waals surface area contributed by atoms with Gasteiger partial charge in [-0.2, -0.15) is 0 Å². The Bertz CT molecular complexity index is 1030. The van der Waals surface area contributed by atoms with Crippen LogP contribution in [0.4, 0.5) is 25.0 Å². The van der Waals surface area contributed by atoms with Crippen LogP contribution in [0.2, 0.25) is 0 Å². The Kier molecular flexibility index (Phi) is 6.23. The highest BCUT2D eigenvalue weighted by atomic mass is 19.1. The van der Waals surface area contributed by atoms with Crippen LogP contribution < -0.4 is 16.0 Å². The predicted octanol–water partition coefficient (Wildman–Crippen LogP) is 4.48. The normalized spacial score (nSPS) is 10.4. The molecule has 0 spiro atoms. The quantitative estimate of drug-likeness (QED) is 0.571. The summed E-state index contributed by atoms with van der Waals surface area (Å²) < 4.78 is 32.2. The molecule has 0 radical (unpaired) electrons. The van der Waals surface area contributed by atoms with Crippen LogP contribution in [0.1, 0.15) is 21.7 Å². The van der Waals surface area contributed by atoms with Crippen LogP contribution in [0.3, 0.4) is 0 Å². The van der Waals surface area contributed by atoms with Crippen LogP contribution in [-0.2, 0) is 6.42 Å². The number of amides is 3. The maximum atomic E-state index is 14.0. The minimum atomic E-state index is -0.642. The van der Waals surface area contributed by atoms with Crippen molar-refractivity contribution in [2.45, 2.75) is 13.3 Å². The SMILES string of the molecule is Cc1occc1C(=O)Nc1cc(NC(=O)NCCc2cccc(F)c2)ccc1F. The Hall–Kier alpha value is -3.68. The summed E-state index contributed by atoms with van der Waals surface area (Å²) in [5.74, 6) is -1.09. The van der Waals surface area contributed by atoms with Crippen LogP contribution >= 0.6 is 0 Å². The third-order valence-electron chi connectivity index (χ3n) is 4.16. The summed E-state index contributed by atoms with van der Waals surface area (Å²) in [6.45, 7) is 1.91. The van der Waals surface area contributed by atoms with Gasteiger partial charge in [0.05, 0.1) is 17.5 Å². The molecule has 3 rings (SSSR count). The van der Waals surface area contributed by atoms with Gasteiger partial charge in [-0.1, -0.05) is 12.1 Å². The summed E-state index contributed by atoms with van der Waals surface area (Å²) >= 11 is 0. The average Bonchev–Trinajstić information content (AvgIpc) is 3.10. The number of urea groups is 1. The fraction of sp³-hybridized carbons (Fsp3) is 0.143. The highest BCUT2D eigenvalue weighted by molar-refractivity contribution is 6.05. The van der Waals surface area contributed by atoms with E-state index >= 15 is 0 Å². The Morgan fingerprint density at radius 3 is 2.59 bits per heavy atom. The van der Waals surface area contributed by atoms with E-state index in [0.29, 0.717) is 24.4 Å². The first-order valence-corrected chi connectivity index (χ1v) is 8.86. The van der Waals surface area contributed by atoms with Crippen molar-refractivity contribution in [3.63, 3.8) is 0 Å². The smallest absolute Gasteiger partial charge is 0.319 e. The Morgan fingerprint density at radius 2 is 1.86 bits per heavy atom. The molecule has 0 aliphatic rings. The molecule has 3 N–H and O–H groups in total. The minimum Gasteiger partial charge on any atom is -0.469 e. The summed E-state index contributed by atoms with van der Waals surface area (Å²) in [5, 5.41) is 7.66. The average molecular weight is 399 g/mol. The van der Waals surface area contributed by atoms with Crippen molar-refractivity contribution >= 4 is 23.3 Å². The van der Waals surface area contributed by atoms with Gasteiger partial charge in [-0.25, -0.2) is 13.6 Å². The first-order chi connectivity index (χ1) is 13.9. The molecule has 0 saturated heterocycles. The van der Waals surface area contributed by atoms with Crippen molar-refractivity contribution in [2.75, 3.05) is 17.2 Å². The lowest BCUT2D eigenvalue weighted by molar-refractivity contribution is 0.102. The molecule has 1 heterocycles. The zero-order valence-corrected chi connectivity index (χ0v) is 15.6. The van der Waals surface area contributed by atoms with E-state index in [9.17, 15) is 18.4 Å². The molecule has 29 heavy (non-hydrogen) atoms. The number of furan rings is 1. The lowest BCUT2D eigenvalue weighted by Crippen LogP contribution is -2.30. The van der Waals surface area contributed by atoms with Crippen molar-refractivity contribution in [3.8, 4) is 0 Å². The topological polar surface area (TPSA) is 83.4 Å². The number of halogens is 2. The number of carbonyl (C=O) groups is 2. The van der Waals surface area contributed by atoms with Crippen LogP contribution in [0, 0.1) is 18.6 Å². The first kappa shape index (κ1) is 20.1. The van der Waals surface area contributed by atoms with Gasteiger partial charge in [-0.3, -0.25) is 4.79 Å². The summed E-state index contributed by atoms with van der Waals surface area (Å²) in [4.78, 5) is 24.2. The molecule has 0 bridgehead atoms.